The Hall–Kier alpha value is -2.53. The van der Waals surface area contributed by atoms with Gasteiger partial charge in [0.2, 0.25) is 12.7 Å². The summed E-state index contributed by atoms with van der Waals surface area (Å²) in [6.07, 6.45) is 2.43. The average molecular weight is 380 g/mol. The Morgan fingerprint density at radius 3 is 2.46 bits per heavy atom. The molecule has 1 saturated heterocycles. The maximum atomic E-state index is 13.3. The number of ether oxygens (including phenoxy) is 2. The monoisotopic (exact) mass is 380 g/mol. The van der Waals surface area contributed by atoms with Crippen LogP contribution in [0.25, 0.3) is 0 Å². The first kappa shape index (κ1) is 18.8. The minimum Gasteiger partial charge on any atom is -0.454 e. The summed E-state index contributed by atoms with van der Waals surface area (Å²) in [7, 11) is 2.15. The molecule has 0 bridgehead atoms. The quantitative estimate of drug-likeness (QED) is 0.797. The fraction of sp³-hybridized carbons (Fsp3) is 0.435. The van der Waals surface area contributed by atoms with Gasteiger partial charge in [-0.25, -0.2) is 0 Å². The van der Waals surface area contributed by atoms with Crippen molar-refractivity contribution in [3.63, 3.8) is 0 Å². The average Bonchev–Trinajstić information content (AvgIpc) is 3.16. The van der Waals surface area contributed by atoms with Gasteiger partial charge in [-0.2, -0.15) is 0 Å². The molecule has 0 spiro atoms. The highest BCUT2D eigenvalue weighted by atomic mass is 16.7. The van der Waals surface area contributed by atoms with Gasteiger partial charge in [0, 0.05) is 12.6 Å². The molecule has 28 heavy (non-hydrogen) atoms. The van der Waals surface area contributed by atoms with Crippen molar-refractivity contribution in [1.29, 1.82) is 0 Å². The van der Waals surface area contributed by atoms with Crippen LogP contribution in [0.15, 0.2) is 42.5 Å². The molecular weight excluding hydrogens is 352 g/mol. The Kier molecular flexibility index (Phi) is 5.53. The van der Waals surface area contributed by atoms with E-state index in [9.17, 15) is 4.79 Å². The van der Waals surface area contributed by atoms with Crippen LogP contribution < -0.4 is 9.47 Å². The molecule has 4 rings (SSSR count). The van der Waals surface area contributed by atoms with Crippen LogP contribution in [0.2, 0.25) is 0 Å². The van der Waals surface area contributed by atoms with Gasteiger partial charge in [-0.3, -0.25) is 4.79 Å². The summed E-state index contributed by atoms with van der Waals surface area (Å²) in [6.45, 7) is 5.07. The largest absolute Gasteiger partial charge is 0.454 e. The van der Waals surface area contributed by atoms with Crippen molar-refractivity contribution >= 4 is 5.91 Å². The molecule has 2 aliphatic rings. The Bertz CT molecular complexity index is 826. The maximum Gasteiger partial charge on any atom is 0.231 e. The number of likely N-dealkylation sites (tertiary alicyclic amines) is 1. The molecule has 0 radical (unpaired) electrons. The first-order valence-corrected chi connectivity index (χ1v) is 10.0. The Balaban J connectivity index is 1.51. The van der Waals surface area contributed by atoms with Crippen molar-refractivity contribution in [1.82, 2.24) is 9.80 Å². The van der Waals surface area contributed by atoms with Crippen molar-refractivity contribution in [2.45, 2.75) is 38.8 Å². The van der Waals surface area contributed by atoms with Gasteiger partial charge in [-0.15, -0.1) is 0 Å². The molecular formula is C23H28N2O3. The predicted molar refractivity (Wildman–Crippen MR) is 109 cm³/mol. The van der Waals surface area contributed by atoms with Gasteiger partial charge >= 0.3 is 0 Å². The van der Waals surface area contributed by atoms with Crippen LogP contribution in [-0.4, -0.2) is 48.7 Å². The van der Waals surface area contributed by atoms with Gasteiger partial charge in [0.1, 0.15) is 0 Å². The maximum absolute atomic E-state index is 13.3. The molecule has 0 atom stereocenters. The number of carbonyl (C=O) groups excluding carboxylic acids is 1. The number of aryl methyl sites for hydroxylation is 1. The Morgan fingerprint density at radius 2 is 1.71 bits per heavy atom. The number of benzene rings is 2. The lowest BCUT2D eigenvalue weighted by atomic mass is 10.0. The van der Waals surface area contributed by atoms with E-state index < -0.39 is 0 Å². The fourth-order valence-electron chi connectivity index (χ4n) is 3.94. The molecule has 1 fully saturated rings. The molecule has 0 aliphatic carbocycles. The highest BCUT2D eigenvalue weighted by Gasteiger charge is 2.27. The van der Waals surface area contributed by atoms with Crippen LogP contribution in [0.5, 0.6) is 11.5 Å². The highest BCUT2D eigenvalue weighted by Crippen LogP contribution is 2.33. The third kappa shape index (κ3) is 4.30. The van der Waals surface area contributed by atoms with Crippen LogP contribution in [0.1, 0.15) is 29.5 Å². The second-order valence-electron chi connectivity index (χ2n) is 7.91. The third-order valence-electron chi connectivity index (χ3n) is 5.72. The van der Waals surface area contributed by atoms with E-state index in [1.54, 1.807) is 0 Å². The summed E-state index contributed by atoms with van der Waals surface area (Å²) < 4.78 is 10.8. The van der Waals surface area contributed by atoms with Crippen LogP contribution >= 0.6 is 0 Å². The molecule has 2 aromatic carbocycles. The van der Waals surface area contributed by atoms with E-state index in [-0.39, 0.29) is 12.7 Å². The van der Waals surface area contributed by atoms with E-state index in [0.717, 1.165) is 43.0 Å². The first-order chi connectivity index (χ1) is 13.6. The van der Waals surface area contributed by atoms with Crippen molar-refractivity contribution in [2.75, 3.05) is 26.9 Å². The van der Waals surface area contributed by atoms with Gasteiger partial charge in [-0.05, 0) is 63.2 Å². The highest BCUT2D eigenvalue weighted by molar-refractivity contribution is 5.79. The van der Waals surface area contributed by atoms with Crippen molar-refractivity contribution in [3.05, 3.63) is 59.2 Å². The van der Waals surface area contributed by atoms with Gasteiger partial charge in [0.15, 0.2) is 11.5 Å². The van der Waals surface area contributed by atoms with Crippen molar-refractivity contribution < 1.29 is 14.3 Å². The number of hydrogen-bond acceptors (Lipinski definition) is 4. The van der Waals surface area contributed by atoms with E-state index in [2.05, 4.69) is 48.0 Å². The summed E-state index contributed by atoms with van der Waals surface area (Å²) in [5.74, 6) is 1.66. The summed E-state index contributed by atoms with van der Waals surface area (Å²) >= 11 is 0. The first-order valence-electron chi connectivity index (χ1n) is 10.0. The van der Waals surface area contributed by atoms with Crippen LogP contribution in [-0.2, 0) is 17.8 Å². The Labute approximate surface area is 166 Å². The second kappa shape index (κ2) is 8.23. The van der Waals surface area contributed by atoms with Crippen LogP contribution in [0.3, 0.4) is 0 Å². The molecule has 2 aliphatic heterocycles. The zero-order valence-electron chi connectivity index (χ0n) is 16.7. The summed E-state index contributed by atoms with van der Waals surface area (Å²) in [4.78, 5) is 17.7. The van der Waals surface area contributed by atoms with E-state index in [0.29, 0.717) is 19.0 Å². The van der Waals surface area contributed by atoms with Gasteiger partial charge in [-0.1, -0.05) is 35.9 Å². The lowest BCUT2D eigenvalue weighted by molar-refractivity contribution is -0.134. The summed E-state index contributed by atoms with van der Waals surface area (Å²) in [5.41, 5.74) is 3.39. The number of carbonyl (C=O) groups is 1. The van der Waals surface area contributed by atoms with Gasteiger partial charge in [0.25, 0.3) is 0 Å². The predicted octanol–water partition coefficient (Wildman–Crippen LogP) is 3.39. The molecule has 5 heteroatoms. The van der Waals surface area contributed by atoms with Crippen molar-refractivity contribution in [2.24, 2.45) is 0 Å². The number of hydrogen-bond donors (Lipinski definition) is 0. The zero-order chi connectivity index (χ0) is 19.5. The standard InChI is InChI=1S/C23H28N2O3/c1-17-3-5-18(6-4-17)15-25(20-9-11-24(2)12-10-20)23(26)14-19-7-8-21-22(13-19)28-16-27-21/h3-8,13,20H,9-12,14-16H2,1-2H3. The van der Waals surface area contributed by atoms with Crippen LogP contribution in [0.4, 0.5) is 0 Å². The number of fused-ring (bicyclic) bond motifs is 1. The molecule has 0 N–H and O–H groups in total. The molecule has 1 amide bonds. The molecule has 0 unspecified atom stereocenters. The smallest absolute Gasteiger partial charge is 0.231 e. The molecule has 2 aromatic rings. The van der Waals surface area contributed by atoms with Crippen molar-refractivity contribution in [3.8, 4) is 11.5 Å². The SMILES string of the molecule is Cc1ccc(CN(C(=O)Cc2ccc3c(c2)OCO3)C2CCN(C)CC2)cc1. The second-order valence-corrected chi connectivity index (χ2v) is 7.91. The normalized spacial score (nSPS) is 16.9. The lowest BCUT2D eigenvalue weighted by Crippen LogP contribution is -2.46. The Morgan fingerprint density at radius 1 is 1.04 bits per heavy atom. The van der Waals surface area contributed by atoms with E-state index in [1.807, 2.05) is 18.2 Å². The number of nitrogens with zero attached hydrogens (tertiary/aromatic N) is 2. The fourth-order valence-corrected chi connectivity index (χ4v) is 3.94. The summed E-state index contributed by atoms with van der Waals surface area (Å²) in [6, 6.07) is 14.6. The van der Waals surface area contributed by atoms with Gasteiger partial charge in [0.05, 0.1) is 6.42 Å². The minimum absolute atomic E-state index is 0.175. The molecule has 0 aromatic heterocycles. The summed E-state index contributed by atoms with van der Waals surface area (Å²) in [5, 5.41) is 0. The van der Waals surface area contributed by atoms with Crippen LogP contribution in [0, 0.1) is 6.92 Å². The molecule has 148 valence electrons. The number of piperidine rings is 1. The molecule has 5 nitrogen and oxygen atoms in total. The van der Waals surface area contributed by atoms with Gasteiger partial charge < -0.3 is 19.3 Å². The molecule has 2 heterocycles. The number of amides is 1. The van der Waals surface area contributed by atoms with E-state index in [1.165, 1.54) is 11.1 Å². The molecule has 0 saturated carbocycles. The van der Waals surface area contributed by atoms with E-state index >= 15 is 0 Å². The van der Waals surface area contributed by atoms with E-state index in [4.69, 9.17) is 9.47 Å². The topological polar surface area (TPSA) is 42.0 Å². The third-order valence-corrected chi connectivity index (χ3v) is 5.72. The lowest BCUT2D eigenvalue weighted by Gasteiger charge is -2.37. The minimum atomic E-state index is 0.175. The number of rotatable bonds is 5. The zero-order valence-corrected chi connectivity index (χ0v) is 16.7.